The van der Waals surface area contributed by atoms with Crippen molar-refractivity contribution in [3.8, 4) is 0 Å². The normalized spacial score (nSPS) is 16.9. The van der Waals surface area contributed by atoms with E-state index in [4.69, 9.17) is 0 Å². The van der Waals surface area contributed by atoms with Crippen molar-refractivity contribution in [1.29, 1.82) is 0 Å². The number of rotatable bonds is 2. The van der Waals surface area contributed by atoms with Crippen molar-refractivity contribution in [2.24, 2.45) is 0 Å². The van der Waals surface area contributed by atoms with Gasteiger partial charge in [-0.1, -0.05) is 0 Å². The summed E-state index contributed by atoms with van der Waals surface area (Å²) in [5, 5.41) is 0. The Balaban J connectivity index is 2.23. The van der Waals surface area contributed by atoms with Gasteiger partial charge in [0.25, 0.3) is 0 Å². The van der Waals surface area contributed by atoms with Crippen LogP contribution in [0.15, 0.2) is 18.2 Å². The molecule has 1 saturated heterocycles. The summed E-state index contributed by atoms with van der Waals surface area (Å²) < 4.78 is 13.3. The maximum Gasteiger partial charge on any atom is 0.150 e. The minimum absolute atomic E-state index is 0.337. The van der Waals surface area contributed by atoms with Gasteiger partial charge in [-0.25, -0.2) is 4.39 Å². The van der Waals surface area contributed by atoms with Crippen molar-refractivity contribution >= 4 is 23.7 Å². The van der Waals surface area contributed by atoms with Gasteiger partial charge in [0, 0.05) is 30.1 Å². The molecule has 0 spiro atoms. The molecule has 1 aromatic rings. The first-order valence-electron chi connectivity index (χ1n) is 5.38. The third-order valence-corrected chi connectivity index (χ3v) is 3.68. The SMILES string of the molecule is O=Cc1cc(F)cc(N2CCCSCC2)c1. The van der Waals surface area contributed by atoms with E-state index in [1.165, 1.54) is 12.1 Å². The number of thioether (sulfide) groups is 1. The van der Waals surface area contributed by atoms with Crippen molar-refractivity contribution in [2.75, 3.05) is 29.5 Å². The fraction of sp³-hybridized carbons (Fsp3) is 0.417. The second-order valence-corrected chi connectivity index (χ2v) is 5.04. The first-order valence-corrected chi connectivity index (χ1v) is 6.53. The van der Waals surface area contributed by atoms with Gasteiger partial charge in [0.1, 0.15) is 12.1 Å². The van der Waals surface area contributed by atoms with Crippen LogP contribution in [0.3, 0.4) is 0 Å². The lowest BCUT2D eigenvalue weighted by atomic mass is 10.2. The second kappa shape index (κ2) is 5.34. The first kappa shape index (κ1) is 11.5. The van der Waals surface area contributed by atoms with Crippen LogP contribution in [-0.4, -0.2) is 30.9 Å². The molecule has 0 radical (unpaired) electrons. The minimum Gasteiger partial charge on any atom is -0.371 e. The van der Waals surface area contributed by atoms with Crippen LogP contribution in [-0.2, 0) is 0 Å². The average molecular weight is 239 g/mol. The Kier molecular flexibility index (Phi) is 3.83. The van der Waals surface area contributed by atoms with Crippen molar-refractivity contribution in [1.82, 2.24) is 0 Å². The summed E-state index contributed by atoms with van der Waals surface area (Å²) in [6.07, 6.45) is 1.80. The Labute approximate surface area is 98.8 Å². The molecule has 1 aliphatic heterocycles. The predicted octanol–water partition coefficient (Wildman–Crippen LogP) is 2.58. The summed E-state index contributed by atoms with van der Waals surface area (Å²) in [6.45, 7) is 1.86. The standard InChI is InChI=1S/C12H14FNOS/c13-11-6-10(9-15)7-12(8-11)14-2-1-4-16-5-3-14/h6-9H,1-5H2. The van der Waals surface area contributed by atoms with Gasteiger partial charge in [-0.2, -0.15) is 11.8 Å². The van der Waals surface area contributed by atoms with Gasteiger partial charge in [-0.15, -0.1) is 0 Å². The Hall–Kier alpha value is -1.03. The Morgan fingerprint density at radius 2 is 2.12 bits per heavy atom. The number of hydrogen-bond donors (Lipinski definition) is 0. The van der Waals surface area contributed by atoms with E-state index in [1.54, 1.807) is 6.07 Å². The summed E-state index contributed by atoms with van der Waals surface area (Å²) in [5.74, 6) is 1.88. The molecule has 1 aliphatic rings. The molecule has 2 nitrogen and oxygen atoms in total. The number of carbonyl (C=O) groups is 1. The maximum absolute atomic E-state index is 13.3. The summed E-state index contributed by atoms with van der Waals surface area (Å²) in [5.41, 5.74) is 1.23. The number of carbonyl (C=O) groups excluding carboxylic acids is 1. The molecule has 1 aromatic carbocycles. The number of anilines is 1. The highest BCUT2D eigenvalue weighted by Crippen LogP contribution is 2.21. The van der Waals surface area contributed by atoms with Gasteiger partial charge >= 0.3 is 0 Å². The highest BCUT2D eigenvalue weighted by atomic mass is 32.2. The van der Waals surface area contributed by atoms with E-state index in [0.29, 0.717) is 11.8 Å². The van der Waals surface area contributed by atoms with Crippen molar-refractivity contribution in [3.63, 3.8) is 0 Å². The highest BCUT2D eigenvalue weighted by molar-refractivity contribution is 7.99. The van der Waals surface area contributed by atoms with Gasteiger partial charge in [0.2, 0.25) is 0 Å². The largest absolute Gasteiger partial charge is 0.371 e. The summed E-state index contributed by atoms with van der Waals surface area (Å²) >= 11 is 1.92. The molecule has 0 N–H and O–H groups in total. The van der Waals surface area contributed by atoms with E-state index in [0.717, 1.165) is 36.7 Å². The first-order chi connectivity index (χ1) is 7.79. The van der Waals surface area contributed by atoms with E-state index < -0.39 is 0 Å². The Bertz CT molecular complexity index is 375. The Morgan fingerprint density at radius 3 is 2.94 bits per heavy atom. The van der Waals surface area contributed by atoms with Crippen LogP contribution < -0.4 is 4.90 Å². The molecule has 86 valence electrons. The van der Waals surface area contributed by atoms with Crippen LogP contribution in [0.25, 0.3) is 0 Å². The molecule has 0 amide bonds. The average Bonchev–Trinajstić information content (AvgIpc) is 2.56. The fourth-order valence-corrected chi connectivity index (χ4v) is 2.74. The van der Waals surface area contributed by atoms with Gasteiger partial charge in [-0.3, -0.25) is 4.79 Å². The highest BCUT2D eigenvalue weighted by Gasteiger charge is 2.11. The molecule has 0 aliphatic carbocycles. The topological polar surface area (TPSA) is 20.3 Å². The van der Waals surface area contributed by atoms with Crippen LogP contribution in [0.5, 0.6) is 0 Å². The van der Waals surface area contributed by atoms with Crippen LogP contribution >= 0.6 is 11.8 Å². The number of benzene rings is 1. The molecule has 1 heterocycles. The third-order valence-electron chi connectivity index (χ3n) is 2.63. The van der Waals surface area contributed by atoms with Gasteiger partial charge in [0.05, 0.1) is 0 Å². The molecule has 4 heteroatoms. The molecular weight excluding hydrogens is 225 g/mol. The van der Waals surface area contributed by atoms with E-state index >= 15 is 0 Å². The number of aldehydes is 1. The summed E-state index contributed by atoms with van der Waals surface area (Å²) in [7, 11) is 0. The van der Waals surface area contributed by atoms with E-state index in [1.807, 2.05) is 11.8 Å². The second-order valence-electron chi connectivity index (χ2n) is 3.81. The van der Waals surface area contributed by atoms with Crippen molar-refractivity contribution in [2.45, 2.75) is 6.42 Å². The van der Waals surface area contributed by atoms with E-state index in [2.05, 4.69) is 4.90 Å². The zero-order valence-corrected chi connectivity index (χ0v) is 9.80. The molecule has 1 fully saturated rings. The zero-order valence-electron chi connectivity index (χ0n) is 8.99. The van der Waals surface area contributed by atoms with Gasteiger partial charge in [0.15, 0.2) is 0 Å². The van der Waals surface area contributed by atoms with Crippen LogP contribution in [0.1, 0.15) is 16.8 Å². The van der Waals surface area contributed by atoms with E-state index in [9.17, 15) is 9.18 Å². The molecular formula is C12H14FNOS. The monoisotopic (exact) mass is 239 g/mol. The lowest BCUT2D eigenvalue weighted by Gasteiger charge is -2.22. The van der Waals surface area contributed by atoms with Gasteiger partial charge in [-0.05, 0) is 30.4 Å². The maximum atomic E-state index is 13.3. The lowest BCUT2D eigenvalue weighted by Crippen LogP contribution is -2.25. The number of nitrogens with zero attached hydrogens (tertiary/aromatic N) is 1. The number of hydrogen-bond acceptors (Lipinski definition) is 3. The van der Waals surface area contributed by atoms with E-state index in [-0.39, 0.29) is 5.82 Å². The molecule has 0 unspecified atom stereocenters. The Morgan fingerprint density at radius 1 is 1.25 bits per heavy atom. The van der Waals surface area contributed by atoms with Crippen LogP contribution in [0.2, 0.25) is 0 Å². The molecule has 2 rings (SSSR count). The smallest absolute Gasteiger partial charge is 0.150 e. The number of halogens is 1. The molecule has 0 saturated carbocycles. The van der Waals surface area contributed by atoms with Crippen molar-refractivity contribution < 1.29 is 9.18 Å². The third kappa shape index (κ3) is 2.76. The molecule has 0 atom stereocenters. The van der Waals surface area contributed by atoms with Crippen LogP contribution in [0, 0.1) is 5.82 Å². The van der Waals surface area contributed by atoms with Crippen LogP contribution in [0.4, 0.5) is 10.1 Å². The lowest BCUT2D eigenvalue weighted by molar-refractivity contribution is 0.112. The molecule has 0 bridgehead atoms. The zero-order chi connectivity index (χ0) is 11.4. The quantitative estimate of drug-likeness (QED) is 0.740. The molecule has 16 heavy (non-hydrogen) atoms. The molecule has 0 aromatic heterocycles. The summed E-state index contributed by atoms with van der Waals surface area (Å²) in [4.78, 5) is 12.8. The van der Waals surface area contributed by atoms with Gasteiger partial charge < -0.3 is 4.90 Å². The predicted molar refractivity (Wildman–Crippen MR) is 65.9 cm³/mol. The van der Waals surface area contributed by atoms with Crippen molar-refractivity contribution in [3.05, 3.63) is 29.6 Å². The fourth-order valence-electron chi connectivity index (χ4n) is 1.85. The minimum atomic E-state index is -0.337. The summed E-state index contributed by atoms with van der Waals surface area (Å²) in [6, 6.07) is 4.53.